The predicted octanol–water partition coefficient (Wildman–Crippen LogP) is 2.68. The van der Waals surface area contributed by atoms with Crippen LogP contribution in [0, 0.1) is 12.8 Å². The van der Waals surface area contributed by atoms with Gasteiger partial charge in [0.1, 0.15) is 0 Å². The molecule has 2 N–H and O–H groups in total. The molecule has 1 fully saturated rings. The summed E-state index contributed by atoms with van der Waals surface area (Å²) in [6.07, 6.45) is 1.64. The van der Waals surface area contributed by atoms with Gasteiger partial charge in [-0.2, -0.15) is 0 Å². The minimum absolute atomic E-state index is 0.0237. The van der Waals surface area contributed by atoms with Crippen LogP contribution in [0.5, 0.6) is 0 Å². The summed E-state index contributed by atoms with van der Waals surface area (Å²) in [6.45, 7) is 4.10. The summed E-state index contributed by atoms with van der Waals surface area (Å²) in [7, 11) is 0. The molecule has 0 bridgehead atoms. The van der Waals surface area contributed by atoms with Gasteiger partial charge in [-0.25, -0.2) is 9.78 Å². The predicted molar refractivity (Wildman–Crippen MR) is 97.0 cm³/mol. The first-order valence-corrected chi connectivity index (χ1v) is 9.18. The lowest BCUT2D eigenvalue weighted by Crippen LogP contribution is -2.40. The second-order valence-corrected chi connectivity index (χ2v) is 7.09. The lowest BCUT2D eigenvalue weighted by molar-refractivity contribution is -0.125. The molecular formula is C18H21N3O3S. The molecule has 1 aliphatic rings. The van der Waals surface area contributed by atoms with Gasteiger partial charge in [0.2, 0.25) is 5.91 Å². The number of aryl methyl sites for hydroxylation is 1. The number of carboxylic acids is 1. The van der Waals surface area contributed by atoms with Crippen LogP contribution < -0.4 is 10.2 Å². The van der Waals surface area contributed by atoms with Crippen molar-refractivity contribution in [3.8, 4) is 0 Å². The number of carbonyl (C=O) groups excluding carboxylic acids is 1. The molecule has 1 saturated heterocycles. The fourth-order valence-corrected chi connectivity index (χ4v) is 3.78. The standard InChI is InChI=1S/C18H21N3O3S/c1-12-11-25-18(20-12)21-8-6-14(7-9-21)16(22)19-10-13-2-4-15(5-3-13)17(23)24/h2-5,11,14H,6-10H2,1H3,(H,19,22)(H,23,24). The number of rotatable bonds is 5. The van der Waals surface area contributed by atoms with E-state index in [1.807, 2.05) is 12.3 Å². The van der Waals surface area contributed by atoms with Crippen molar-refractivity contribution in [2.24, 2.45) is 5.92 Å². The number of carboxylic acid groups (broad SMARTS) is 1. The number of amides is 1. The normalized spacial score (nSPS) is 15.2. The Hall–Kier alpha value is -2.41. The first kappa shape index (κ1) is 17.4. The van der Waals surface area contributed by atoms with Crippen LogP contribution >= 0.6 is 11.3 Å². The smallest absolute Gasteiger partial charge is 0.335 e. The summed E-state index contributed by atoms with van der Waals surface area (Å²) in [5.74, 6) is -0.856. The molecule has 0 saturated carbocycles. The maximum Gasteiger partial charge on any atom is 0.335 e. The molecule has 7 heteroatoms. The van der Waals surface area contributed by atoms with E-state index in [0.29, 0.717) is 6.54 Å². The van der Waals surface area contributed by atoms with E-state index < -0.39 is 5.97 Å². The highest BCUT2D eigenvalue weighted by Crippen LogP contribution is 2.26. The number of benzene rings is 1. The number of thiazole rings is 1. The zero-order valence-electron chi connectivity index (χ0n) is 14.1. The number of aromatic nitrogens is 1. The van der Waals surface area contributed by atoms with Gasteiger partial charge in [0.25, 0.3) is 0 Å². The lowest BCUT2D eigenvalue weighted by Gasteiger charge is -2.31. The third kappa shape index (κ3) is 4.36. The molecule has 0 spiro atoms. The van der Waals surface area contributed by atoms with E-state index in [-0.39, 0.29) is 17.4 Å². The van der Waals surface area contributed by atoms with E-state index in [0.717, 1.165) is 42.3 Å². The number of piperidine rings is 1. The van der Waals surface area contributed by atoms with Gasteiger partial charge in [0.15, 0.2) is 5.13 Å². The maximum absolute atomic E-state index is 12.4. The Bertz CT molecular complexity index is 749. The molecule has 132 valence electrons. The molecule has 6 nitrogen and oxygen atoms in total. The summed E-state index contributed by atoms with van der Waals surface area (Å²) in [5, 5.41) is 14.9. The van der Waals surface area contributed by atoms with Crippen LogP contribution in [-0.4, -0.2) is 35.1 Å². The Labute approximate surface area is 150 Å². The van der Waals surface area contributed by atoms with Crippen LogP contribution in [0.1, 0.15) is 34.5 Å². The van der Waals surface area contributed by atoms with Crippen LogP contribution in [0.4, 0.5) is 5.13 Å². The van der Waals surface area contributed by atoms with Crippen molar-refractivity contribution in [1.82, 2.24) is 10.3 Å². The Balaban J connectivity index is 1.47. The van der Waals surface area contributed by atoms with E-state index in [1.54, 1.807) is 35.6 Å². The van der Waals surface area contributed by atoms with Gasteiger partial charge in [-0.05, 0) is 37.5 Å². The zero-order chi connectivity index (χ0) is 17.8. The lowest BCUT2D eigenvalue weighted by atomic mass is 9.96. The summed E-state index contributed by atoms with van der Waals surface area (Å²) in [6, 6.07) is 6.57. The Morgan fingerprint density at radius 3 is 2.52 bits per heavy atom. The number of nitrogens with zero attached hydrogens (tertiary/aromatic N) is 2. The number of carbonyl (C=O) groups is 2. The van der Waals surface area contributed by atoms with E-state index in [2.05, 4.69) is 15.2 Å². The molecule has 2 aromatic rings. The quantitative estimate of drug-likeness (QED) is 0.858. The molecule has 0 aliphatic carbocycles. The highest BCUT2D eigenvalue weighted by atomic mass is 32.1. The molecule has 1 amide bonds. The topological polar surface area (TPSA) is 82.5 Å². The molecule has 0 radical (unpaired) electrons. The monoisotopic (exact) mass is 359 g/mol. The van der Waals surface area contributed by atoms with Gasteiger partial charge < -0.3 is 15.3 Å². The molecule has 25 heavy (non-hydrogen) atoms. The van der Waals surface area contributed by atoms with Crippen LogP contribution in [0.25, 0.3) is 0 Å². The highest BCUT2D eigenvalue weighted by molar-refractivity contribution is 7.13. The van der Waals surface area contributed by atoms with Crippen molar-refractivity contribution in [3.63, 3.8) is 0 Å². The fraction of sp³-hybridized carbons (Fsp3) is 0.389. The van der Waals surface area contributed by atoms with Crippen molar-refractivity contribution in [2.45, 2.75) is 26.3 Å². The largest absolute Gasteiger partial charge is 0.478 e. The van der Waals surface area contributed by atoms with Crippen LogP contribution in [-0.2, 0) is 11.3 Å². The Morgan fingerprint density at radius 1 is 1.28 bits per heavy atom. The Kier molecular flexibility index (Phi) is 5.33. The van der Waals surface area contributed by atoms with Gasteiger partial charge in [0.05, 0.1) is 11.3 Å². The molecule has 0 atom stereocenters. The second-order valence-electron chi connectivity index (χ2n) is 6.25. The van der Waals surface area contributed by atoms with Crippen molar-refractivity contribution in [2.75, 3.05) is 18.0 Å². The number of nitrogens with one attached hydrogen (secondary N) is 1. The number of hydrogen-bond donors (Lipinski definition) is 2. The second kappa shape index (κ2) is 7.65. The van der Waals surface area contributed by atoms with Crippen LogP contribution in [0.2, 0.25) is 0 Å². The van der Waals surface area contributed by atoms with E-state index >= 15 is 0 Å². The first-order chi connectivity index (χ1) is 12.0. The average molecular weight is 359 g/mol. The third-order valence-electron chi connectivity index (χ3n) is 4.41. The number of aromatic carboxylic acids is 1. The van der Waals surface area contributed by atoms with Crippen LogP contribution in [0.3, 0.4) is 0 Å². The van der Waals surface area contributed by atoms with E-state index in [4.69, 9.17) is 5.11 Å². The van der Waals surface area contributed by atoms with Gasteiger partial charge in [-0.15, -0.1) is 11.3 Å². The van der Waals surface area contributed by atoms with Gasteiger partial charge in [-0.3, -0.25) is 4.79 Å². The molecular weight excluding hydrogens is 338 g/mol. The van der Waals surface area contributed by atoms with E-state index in [9.17, 15) is 9.59 Å². The Morgan fingerprint density at radius 2 is 1.96 bits per heavy atom. The number of hydrogen-bond acceptors (Lipinski definition) is 5. The highest BCUT2D eigenvalue weighted by Gasteiger charge is 2.25. The van der Waals surface area contributed by atoms with Gasteiger partial charge >= 0.3 is 5.97 Å². The van der Waals surface area contributed by atoms with Crippen LogP contribution in [0.15, 0.2) is 29.6 Å². The molecule has 1 aromatic carbocycles. The average Bonchev–Trinajstić information content (AvgIpc) is 3.06. The van der Waals surface area contributed by atoms with Crippen molar-refractivity contribution in [1.29, 1.82) is 0 Å². The molecule has 2 heterocycles. The summed E-state index contributed by atoms with van der Waals surface area (Å²) in [5.41, 5.74) is 2.18. The third-order valence-corrected chi connectivity index (χ3v) is 5.43. The molecule has 1 aromatic heterocycles. The summed E-state index contributed by atoms with van der Waals surface area (Å²) < 4.78 is 0. The van der Waals surface area contributed by atoms with E-state index in [1.165, 1.54) is 0 Å². The SMILES string of the molecule is Cc1csc(N2CCC(C(=O)NCc3ccc(C(=O)O)cc3)CC2)n1. The van der Waals surface area contributed by atoms with Gasteiger partial charge in [0, 0.05) is 30.9 Å². The zero-order valence-corrected chi connectivity index (χ0v) is 14.9. The molecule has 0 unspecified atom stereocenters. The van der Waals surface area contributed by atoms with Crippen molar-refractivity contribution < 1.29 is 14.7 Å². The maximum atomic E-state index is 12.4. The molecule has 1 aliphatic heterocycles. The summed E-state index contributed by atoms with van der Waals surface area (Å²) >= 11 is 1.65. The fourth-order valence-electron chi connectivity index (χ4n) is 2.92. The van der Waals surface area contributed by atoms with Crippen molar-refractivity contribution >= 4 is 28.3 Å². The minimum atomic E-state index is -0.947. The van der Waals surface area contributed by atoms with Gasteiger partial charge in [-0.1, -0.05) is 12.1 Å². The minimum Gasteiger partial charge on any atom is -0.478 e. The molecule has 3 rings (SSSR count). The van der Waals surface area contributed by atoms with Crippen molar-refractivity contribution in [3.05, 3.63) is 46.5 Å². The summed E-state index contributed by atoms with van der Waals surface area (Å²) in [4.78, 5) is 29.9. The first-order valence-electron chi connectivity index (χ1n) is 8.30. The number of anilines is 1.